The van der Waals surface area contributed by atoms with E-state index in [2.05, 4.69) is 6.92 Å². The van der Waals surface area contributed by atoms with Crippen molar-refractivity contribution in [3.05, 3.63) is 0 Å². The molecular formula is C9H17NO2. The number of amides is 1. The third-order valence-corrected chi connectivity index (χ3v) is 2.43. The Hall–Kier alpha value is -0.570. The van der Waals surface area contributed by atoms with Crippen LogP contribution in [0.4, 0.5) is 0 Å². The summed E-state index contributed by atoms with van der Waals surface area (Å²) >= 11 is 0. The second-order valence-electron chi connectivity index (χ2n) is 3.54. The van der Waals surface area contributed by atoms with Gasteiger partial charge in [0.25, 0.3) is 0 Å². The van der Waals surface area contributed by atoms with Crippen LogP contribution in [0.2, 0.25) is 0 Å². The predicted molar refractivity (Wildman–Crippen MR) is 46.5 cm³/mol. The maximum absolute atomic E-state index is 10.7. The van der Waals surface area contributed by atoms with E-state index < -0.39 is 0 Å². The monoisotopic (exact) mass is 171 g/mol. The molecule has 0 aromatic rings. The minimum Gasteiger partial charge on any atom is -0.378 e. The van der Waals surface area contributed by atoms with E-state index in [0.29, 0.717) is 24.9 Å². The Labute approximate surface area is 73.3 Å². The Morgan fingerprint density at radius 2 is 2.33 bits per heavy atom. The Kier molecular flexibility index (Phi) is 3.09. The molecule has 1 aliphatic rings. The fourth-order valence-electron chi connectivity index (χ4n) is 1.62. The molecule has 1 rings (SSSR count). The van der Waals surface area contributed by atoms with Gasteiger partial charge in [-0.3, -0.25) is 4.79 Å². The van der Waals surface area contributed by atoms with Crippen LogP contribution in [0, 0.1) is 11.8 Å². The quantitative estimate of drug-likeness (QED) is 0.668. The van der Waals surface area contributed by atoms with Crippen molar-refractivity contribution in [1.29, 1.82) is 0 Å². The van der Waals surface area contributed by atoms with Crippen LogP contribution < -0.4 is 5.73 Å². The van der Waals surface area contributed by atoms with Gasteiger partial charge in [0.2, 0.25) is 5.91 Å². The first-order chi connectivity index (χ1) is 5.65. The SMILES string of the molecule is CCOC(CC(N)=O)C1CC1C. The van der Waals surface area contributed by atoms with Gasteiger partial charge < -0.3 is 10.5 Å². The zero-order valence-corrected chi connectivity index (χ0v) is 7.75. The van der Waals surface area contributed by atoms with E-state index in [4.69, 9.17) is 10.5 Å². The first-order valence-corrected chi connectivity index (χ1v) is 4.55. The molecule has 3 heteroatoms. The Morgan fingerprint density at radius 3 is 2.67 bits per heavy atom. The van der Waals surface area contributed by atoms with Gasteiger partial charge in [0.05, 0.1) is 12.5 Å². The largest absolute Gasteiger partial charge is 0.378 e. The van der Waals surface area contributed by atoms with E-state index in [1.165, 1.54) is 6.42 Å². The van der Waals surface area contributed by atoms with Crippen molar-refractivity contribution in [2.75, 3.05) is 6.61 Å². The summed E-state index contributed by atoms with van der Waals surface area (Å²) in [5.41, 5.74) is 5.12. The number of carbonyl (C=O) groups is 1. The van der Waals surface area contributed by atoms with E-state index in [-0.39, 0.29) is 12.0 Å². The highest BCUT2D eigenvalue weighted by atomic mass is 16.5. The molecule has 0 aromatic heterocycles. The number of primary amides is 1. The van der Waals surface area contributed by atoms with Gasteiger partial charge in [-0.1, -0.05) is 6.92 Å². The molecule has 2 N–H and O–H groups in total. The van der Waals surface area contributed by atoms with Gasteiger partial charge in [-0.15, -0.1) is 0 Å². The summed E-state index contributed by atoms with van der Waals surface area (Å²) in [4.78, 5) is 10.7. The average molecular weight is 171 g/mol. The Bertz CT molecular complexity index is 170. The second-order valence-corrected chi connectivity index (χ2v) is 3.54. The zero-order valence-electron chi connectivity index (χ0n) is 7.75. The molecule has 0 aromatic carbocycles. The molecule has 0 spiro atoms. The molecule has 1 saturated carbocycles. The molecule has 0 aliphatic heterocycles. The molecule has 3 nitrogen and oxygen atoms in total. The molecule has 3 atom stereocenters. The van der Waals surface area contributed by atoms with Crippen molar-refractivity contribution in [3.63, 3.8) is 0 Å². The molecule has 70 valence electrons. The minimum absolute atomic E-state index is 0.0718. The maximum Gasteiger partial charge on any atom is 0.220 e. The molecule has 0 radical (unpaired) electrons. The molecule has 3 unspecified atom stereocenters. The molecule has 1 amide bonds. The molecular weight excluding hydrogens is 154 g/mol. The summed E-state index contributed by atoms with van der Waals surface area (Å²) in [5, 5.41) is 0. The van der Waals surface area contributed by atoms with Crippen molar-refractivity contribution in [2.24, 2.45) is 17.6 Å². The van der Waals surface area contributed by atoms with Crippen molar-refractivity contribution in [1.82, 2.24) is 0 Å². The van der Waals surface area contributed by atoms with Crippen LogP contribution in [0.5, 0.6) is 0 Å². The first kappa shape index (κ1) is 9.52. The van der Waals surface area contributed by atoms with Crippen LogP contribution in [0.15, 0.2) is 0 Å². The topological polar surface area (TPSA) is 52.3 Å². The molecule has 12 heavy (non-hydrogen) atoms. The van der Waals surface area contributed by atoms with Gasteiger partial charge in [-0.05, 0) is 25.2 Å². The fourth-order valence-corrected chi connectivity index (χ4v) is 1.62. The number of hydrogen-bond acceptors (Lipinski definition) is 2. The highest BCUT2D eigenvalue weighted by molar-refractivity contribution is 5.74. The summed E-state index contributed by atoms with van der Waals surface area (Å²) < 4.78 is 5.45. The van der Waals surface area contributed by atoms with Gasteiger partial charge >= 0.3 is 0 Å². The van der Waals surface area contributed by atoms with E-state index in [1.54, 1.807) is 0 Å². The minimum atomic E-state index is -0.257. The van der Waals surface area contributed by atoms with Crippen molar-refractivity contribution in [2.45, 2.75) is 32.8 Å². The number of nitrogens with two attached hydrogens (primary N) is 1. The highest BCUT2D eigenvalue weighted by Crippen LogP contribution is 2.42. The smallest absolute Gasteiger partial charge is 0.220 e. The predicted octanol–water partition coefficient (Wildman–Crippen LogP) is 0.923. The summed E-state index contributed by atoms with van der Waals surface area (Å²) in [5.74, 6) is 1.02. The molecule has 0 saturated heterocycles. The highest BCUT2D eigenvalue weighted by Gasteiger charge is 2.40. The van der Waals surface area contributed by atoms with E-state index in [1.807, 2.05) is 6.92 Å². The van der Waals surface area contributed by atoms with Crippen molar-refractivity contribution in [3.8, 4) is 0 Å². The summed E-state index contributed by atoms with van der Waals surface area (Å²) in [7, 11) is 0. The standard InChI is InChI=1S/C9H17NO2/c1-3-12-8(5-9(10)11)7-4-6(7)2/h6-8H,3-5H2,1-2H3,(H2,10,11). The third kappa shape index (κ3) is 2.48. The molecule has 1 fully saturated rings. The van der Waals surface area contributed by atoms with Gasteiger partial charge in [0.15, 0.2) is 0 Å². The lowest BCUT2D eigenvalue weighted by molar-refractivity contribution is -0.121. The maximum atomic E-state index is 10.7. The van der Waals surface area contributed by atoms with Crippen molar-refractivity contribution >= 4 is 5.91 Å². The van der Waals surface area contributed by atoms with Crippen LogP contribution in [0.1, 0.15) is 26.7 Å². The zero-order chi connectivity index (χ0) is 9.14. The Morgan fingerprint density at radius 1 is 1.75 bits per heavy atom. The normalized spacial score (nSPS) is 29.8. The summed E-state index contributed by atoms with van der Waals surface area (Å²) in [6, 6.07) is 0. The van der Waals surface area contributed by atoms with E-state index >= 15 is 0 Å². The number of hydrogen-bond donors (Lipinski definition) is 1. The van der Waals surface area contributed by atoms with Gasteiger partial charge in [0, 0.05) is 6.61 Å². The van der Waals surface area contributed by atoms with Crippen LogP contribution in [-0.2, 0) is 9.53 Å². The van der Waals surface area contributed by atoms with Crippen LogP contribution >= 0.6 is 0 Å². The molecule has 0 bridgehead atoms. The summed E-state index contributed by atoms with van der Waals surface area (Å²) in [6.45, 7) is 4.79. The van der Waals surface area contributed by atoms with Crippen LogP contribution in [0.25, 0.3) is 0 Å². The lowest BCUT2D eigenvalue weighted by atomic mass is 10.1. The third-order valence-electron chi connectivity index (χ3n) is 2.43. The Balaban J connectivity index is 2.33. The molecule has 0 heterocycles. The van der Waals surface area contributed by atoms with Gasteiger partial charge in [-0.2, -0.15) is 0 Å². The van der Waals surface area contributed by atoms with E-state index in [0.717, 1.165) is 0 Å². The van der Waals surface area contributed by atoms with Gasteiger partial charge in [0.1, 0.15) is 0 Å². The van der Waals surface area contributed by atoms with Crippen LogP contribution in [0.3, 0.4) is 0 Å². The van der Waals surface area contributed by atoms with Crippen LogP contribution in [-0.4, -0.2) is 18.6 Å². The number of ether oxygens (including phenoxy) is 1. The van der Waals surface area contributed by atoms with Gasteiger partial charge in [-0.25, -0.2) is 0 Å². The second kappa shape index (κ2) is 3.90. The van der Waals surface area contributed by atoms with E-state index in [9.17, 15) is 4.79 Å². The first-order valence-electron chi connectivity index (χ1n) is 4.55. The summed E-state index contributed by atoms with van der Waals surface area (Å²) in [6.07, 6.45) is 1.63. The lowest BCUT2D eigenvalue weighted by Crippen LogP contribution is -2.25. The van der Waals surface area contributed by atoms with Crippen molar-refractivity contribution < 1.29 is 9.53 Å². The number of carbonyl (C=O) groups excluding carboxylic acids is 1. The molecule has 1 aliphatic carbocycles. The fraction of sp³-hybridized carbons (Fsp3) is 0.889. The lowest BCUT2D eigenvalue weighted by Gasteiger charge is -2.14. The average Bonchev–Trinajstić information content (AvgIpc) is 2.65. The number of rotatable bonds is 5.